The van der Waals surface area contributed by atoms with Gasteiger partial charge in [-0.1, -0.05) is 12.1 Å². The van der Waals surface area contributed by atoms with Crippen molar-refractivity contribution in [3.05, 3.63) is 46.7 Å². The molecule has 0 radical (unpaired) electrons. The molecule has 5 heteroatoms. The van der Waals surface area contributed by atoms with Crippen molar-refractivity contribution in [3.8, 4) is 0 Å². The number of hydrogen-bond donors (Lipinski definition) is 0. The highest BCUT2D eigenvalue weighted by Crippen LogP contribution is 2.17. The van der Waals surface area contributed by atoms with Gasteiger partial charge in [-0.2, -0.15) is 0 Å². The molecule has 0 saturated carbocycles. The molecule has 3 aromatic rings. The molecule has 0 aliphatic heterocycles. The van der Waals surface area contributed by atoms with Crippen molar-refractivity contribution in [2.75, 3.05) is 5.88 Å². The van der Waals surface area contributed by atoms with Crippen LogP contribution in [0, 0.1) is 0 Å². The average Bonchev–Trinajstić information content (AvgIpc) is 3.04. The van der Waals surface area contributed by atoms with Crippen LogP contribution in [0.4, 0.5) is 0 Å². The standard InChI is InChI=1S/C14H14ClN3S/c15-7-5-14-17-12-3-1-2-4-13(12)18(14)8-6-11-9-19-10-16-11/h1-4,9-10H,5-8H2. The van der Waals surface area contributed by atoms with Crippen molar-refractivity contribution < 1.29 is 0 Å². The van der Waals surface area contributed by atoms with Crippen LogP contribution in [0.5, 0.6) is 0 Å². The van der Waals surface area contributed by atoms with E-state index in [9.17, 15) is 0 Å². The van der Waals surface area contributed by atoms with Gasteiger partial charge in [-0.25, -0.2) is 9.97 Å². The third kappa shape index (κ3) is 2.65. The number of aryl methyl sites for hydroxylation is 3. The maximum Gasteiger partial charge on any atom is 0.111 e. The van der Waals surface area contributed by atoms with E-state index in [2.05, 4.69) is 26.0 Å². The van der Waals surface area contributed by atoms with E-state index in [1.807, 2.05) is 23.7 Å². The summed E-state index contributed by atoms with van der Waals surface area (Å²) in [6, 6.07) is 8.23. The highest BCUT2D eigenvalue weighted by atomic mass is 35.5. The second-order valence-electron chi connectivity index (χ2n) is 4.34. The van der Waals surface area contributed by atoms with Crippen LogP contribution in [0.1, 0.15) is 11.5 Å². The predicted molar refractivity (Wildman–Crippen MR) is 80.0 cm³/mol. The number of benzene rings is 1. The van der Waals surface area contributed by atoms with Crippen LogP contribution < -0.4 is 0 Å². The van der Waals surface area contributed by atoms with Crippen molar-refractivity contribution in [1.82, 2.24) is 14.5 Å². The van der Waals surface area contributed by atoms with Gasteiger partial charge in [0.2, 0.25) is 0 Å². The number of thiazole rings is 1. The van der Waals surface area contributed by atoms with E-state index in [-0.39, 0.29) is 0 Å². The minimum absolute atomic E-state index is 0.597. The Bertz CT molecular complexity index is 660. The molecular weight excluding hydrogens is 278 g/mol. The van der Waals surface area contributed by atoms with E-state index in [1.54, 1.807) is 11.3 Å². The Hall–Kier alpha value is -1.39. The lowest BCUT2D eigenvalue weighted by atomic mass is 10.3. The third-order valence-electron chi connectivity index (χ3n) is 3.13. The van der Waals surface area contributed by atoms with Gasteiger partial charge in [0, 0.05) is 30.6 Å². The number of nitrogens with zero attached hydrogens (tertiary/aromatic N) is 3. The number of para-hydroxylation sites is 2. The van der Waals surface area contributed by atoms with Crippen molar-refractivity contribution in [2.45, 2.75) is 19.4 Å². The van der Waals surface area contributed by atoms with E-state index in [1.165, 1.54) is 5.52 Å². The fraction of sp³-hybridized carbons (Fsp3) is 0.286. The van der Waals surface area contributed by atoms with Crippen LogP contribution in [0.3, 0.4) is 0 Å². The zero-order valence-corrected chi connectivity index (χ0v) is 12.0. The fourth-order valence-electron chi connectivity index (χ4n) is 2.24. The molecule has 3 rings (SSSR count). The lowest BCUT2D eigenvalue weighted by Gasteiger charge is -2.07. The maximum atomic E-state index is 5.87. The smallest absolute Gasteiger partial charge is 0.111 e. The Labute approximate surface area is 120 Å². The Morgan fingerprint density at radius 3 is 2.89 bits per heavy atom. The van der Waals surface area contributed by atoms with E-state index in [4.69, 9.17) is 11.6 Å². The molecule has 0 amide bonds. The van der Waals surface area contributed by atoms with E-state index in [0.29, 0.717) is 5.88 Å². The van der Waals surface area contributed by atoms with Crippen LogP contribution in [0.15, 0.2) is 35.2 Å². The third-order valence-corrected chi connectivity index (χ3v) is 3.95. The first kappa shape index (κ1) is 12.6. The van der Waals surface area contributed by atoms with Crippen LogP contribution in [0.25, 0.3) is 11.0 Å². The molecule has 0 bridgehead atoms. The summed E-state index contributed by atoms with van der Waals surface area (Å²) in [5.41, 5.74) is 5.24. The zero-order valence-electron chi connectivity index (χ0n) is 10.4. The van der Waals surface area contributed by atoms with Crippen molar-refractivity contribution in [1.29, 1.82) is 0 Å². The minimum atomic E-state index is 0.597. The molecule has 1 aromatic carbocycles. The van der Waals surface area contributed by atoms with Crippen molar-refractivity contribution in [3.63, 3.8) is 0 Å². The predicted octanol–water partition coefficient (Wildman–Crippen LogP) is 3.52. The van der Waals surface area contributed by atoms with Gasteiger partial charge in [0.25, 0.3) is 0 Å². The number of fused-ring (bicyclic) bond motifs is 1. The van der Waals surface area contributed by atoms with Gasteiger partial charge in [0.05, 0.1) is 22.2 Å². The molecule has 0 aliphatic carbocycles. The number of halogens is 1. The second-order valence-corrected chi connectivity index (χ2v) is 5.43. The molecule has 0 N–H and O–H groups in total. The first-order valence-electron chi connectivity index (χ1n) is 6.25. The molecule has 0 unspecified atom stereocenters. The molecule has 0 aliphatic rings. The molecule has 2 aromatic heterocycles. The summed E-state index contributed by atoms with van der Waals surface area (Å²) in [6.45, 7) is 0.899. The van der Waals surface area contributed by atoms with E-state index < -0.39 is 0 Å². The molecule has 3 nitrogen and oxygen atoms in total. The molecule has 0 atom stereocenters. The van der Waals surface area contributed by atoms with Crippen LogP contribution in [-0.4, -0.2) is 20.4 Å². The van der Waals surface area contributed by atoms with E-state index >= 15 is 0 Å². The molecule has 0 saturated heterocycles. The zero-order chi connectivity index (χ0) is 13.1. The van der Waals surface area contributed by atoms with Crippen LogP contribution in [-0.2, 0) is 19.4 Å². The van der Waals surface area contributed by atoms with Gasteiger partial charge in [-0.15, -0.1) is 22.9 Å². The SMILES string of the molecule is ClCCc1nc2ccccc2n1CCc1cscn1. The Balaban J connectivity index is 1.92. The monoisotopic (exact) mass is 291 g/mol. The van der Waals surface area contributed by atoms with Crippen molar-refractivity contribution in [2.24, 2.45) is 0 Å². The number of hydrogen-bond acceptors (Lipinski definition) is 3. The topological polar surface area (TPSA) is 30.7 Å². The van der Waals surface area contributed by atoms with Crippen LogP contribution in [0.2, 0.25) is 0 Å². The van der Waals surface area contributed by atoms with E-state index in [0.717, 1.165) is 36.4 Å². The summed E-state index contributed by atoms with van der Waals surface area (Å²) >= 11 is 7.51. The maximum absolute atomic E-state index is 5.87. The van der Waals surface area contributed by atoms with Crippen LogP contribution >= 0.6 is 22.9 Å². The largest absolute Gasteiger partial charge is 0.328 e. The average molecular weight is 292 g/mol. The van der Waals surface area contributed by atoms with Crippen molar-refractivity contribution >= 4 is 34.0 Å². The summed E-state index contributed by atoms with van der Waals surface area (Å²) in [4.78, 5) is 8.99. The number of aromatic nitrogens is 3. The molecule has 2 heterocycles. The normalized spacial score (nSPS) is 11.2. The summed E-state index contributed by atoms with van der Waals surface area (Å²) in [5.74, 6) is 1.66. The fourth-order valence-corrected chi connectivity index (χ4v) is 3.00. The number of imidazole rings is 1. The summed E-state index contributed by atoms with van der Waals surface area (Å²) in [6.07, 6.45) is 1.73. The van der Waals surface area contributed by atoms with Gasteiger partial charge in [-0.3, -0.25) is 0 Å². The molecule has 0 spiro atoms. The highest BCUT2D eigenvalue weighted by molar-refractivity contribution is 7.07. The van der Waals surface area contributed by atoms with Gasteiger partial charge in [-0.05, 0) is 12.1 Å². The number of rotatable bonds is 5. The number of alkyl halides is 1. The van der Waals surface area contributed by atoms with Gasteiger partial charge >= 0.3 is 0 Å². The molecule has 0 fully saturated rings. The minimum Gasteiger partial charge on any atom is -0.328 e. The summed E-state index contributed by atoms with van der Waals surface area (Å²) < 4.78 is 2.26. The molecular formula is C14H14ClN3S. The Kier molecular flexibility index (Phi) is 3.80. The Morgan fingerprint density at radius 2 is 2.11 bits per heavy atom. The lowest BCUT2D eigenvalue weighted by Crippen LogP contribution is -2.07. The molecule has 98 valence electrons. The van der Waals surface area contributed by atoms with Gasteiger partial charge in [0.15, 0.2) is 0 Å². The quantitative estimate of drug-likeness (QED) is 0.674. The Morgan fingerprint density at radius 1 is 1.21 bits per heavy atom. The summed E-state index contributed by atoms with van der Waals surface area (Å²) in [5, 5.41) is 2.10. The van der Waals surface area contributed by atoms with Gasteiger partial charge < -0.3 is 4.57 Å². The first-order valence-corrected chi connectivity index (χ1v) is 7.73. The lowest BCUT2D eigenvalue weighted by molar-refractivity contribution is 0.668. The summed E-state index contributed by atoms with van der Waals surface area (Å²) in [7, 11) is 0. The van der Waals surface area contributed by atoms with Gasteiger partial charge in [0.1, 0.15) is 5.82 Å². The molecule has 19 heavy (non-hydrogen) atoms. The first-order chi connectivity index (χ1) is 9.38. The highest BCUT2D eigenvalue weighted by Gasteiger charge is 2.10. The second kappa shape index (κ2) is 5.72.